The second kappa shape index (κ2) is 46.7. The Bertz CT molecular complexity index is 1020. The van der Waals surface area contributed by atoms with Gasteiger partial charge >= 0.3 is 11.9 Å². The smallest absolute Gasteiger partial charge is 0.306 e. The molecule has 0 fully saturated rings. The Morgan fingerprint density at radius 2 is 0.821 bits per heavy atom. The maximum Gasteiger partial charge on any atom is 0.306 e. The average Bonchev–Trinajstić information content (AvgIpc) is 3.20. The Morgan fingerprint density at radius 1 is 0.411 bits per heavy atom. The molecule has 0 saturated carbocycles. The number of allylic oxidation sites excluding steroid dienone is 12. The largest absolute Gasteiger partial charge is 0.462 e. The van der Waals surface area contributed by atoms with Gasteiger partial charge in [-0.05, 0) is 103 Å². The molecule has 1 unspecified atom stereocenters. The van der Waals surface area contributed by atoms with Gasteiger partial charge in [0.2, 0.25) is 0 Å². The lowest BCUT2D eigenvalue weighted by Crippen LogP contribution is -2.30. The molecule has 0 rings (SSSR count). The molecule has 5 heteroatoms. The summed E-state index contributed by atoms with van der Waals surface area (Å²) in [5.74, 6) is -0.451. The minimum absolute atomic E-state index is 0.0601. The molecule has 0 aliphatic rings. The molecule has 0 aromatic rings. The summed E-state index contributed by atoms with van der Waals surface area (Å²) < 4.78 is 17.3. The fourth-order valence-corrected chi connectivity index (χ4v) is 6.18. The highest BCUT2D eigenvalue weighted by atomic mass is 16.6. The predicted octanol–water partition coefficient (Wildman–Crippen LogP) is 15.6. The number of esters is 2. The maximum absolute atomic E-state index is 12.7. The highest BCUT2D eigenvalue weighted by molar-refractivity contribution is 5.70. The Morgan fingerprint density at radius 3 is 1.38 bits per heavy atom. The summed E-state index contributed by atoms with van der Waals surface area (Å²) in [6.07, 6.45) is 59.0. The number of carbonyl (C=O) groups excluding carboxylic acids is 2. The second-order valence-electron chi connectivity index (χ2n) is 15.3. The summed E-state index contributed by atoms with van der Waals surface area (Å²) in [4.78, 5) is 25.2. The van der Waals surface area contributed by atoms with Gasteiger partial charge in [0.15, 0.2) is 6.10 Å². The Labute approximate surface area is 347 Å². The SMILES string of the molecule is CC/C=C\C/C=C\C/C=C\CCCCCC(=O)OCC(COCCCCCCCC/C=C\C/C=C\CCCCC)OC(=O)CCCCCCC/C=C\CCCC. The Balaban J connectivity index is 4.32. The molecular formula is C51H88O5. The van der Waals surface area contributed by atoms with Gasteiger partial charge in [-0.3, -0.25) is 9.59 Å². The van der Waals surface area contributed by atoms with Crippen molar-refractivity contribution >= 4 is 11.9 Å². The first kappa shape index (κ1) is 53.3. The molecule has 1 atom stereocenters. The number of carbonyl (C=O) groups is 2. The average molecular weight is 781 g/mol. The molecule has 0 N–H and O–H groups in total. The number of hydrogen-bond donors (Lipinski definition) is 0. The lowest BCUT2D eigenvalue weighted by molar-refractivity contribution is -0.163. The molecule has 0 aromatic heterocycles. The minimum atomic E-state index is -0.558. The van der Waals surface area contributed by atoms with Crippen molar-refractivity contribution < 1.29 is 23.8 Å². The van der Waals surface area contributed by atoms with Gasteiger partial charge in [0.25, 0.3) is 0 Å². The second-order valence-corrected chi connectivity index (χ2v) is 15.3. The van der Waals surface area contributed by atoms with E-state index in [2.05, 4.69) is 93.7 Å². The van der Waals surface area contributed by atoms with Crippen LogP contribution in [0.25, 0.3) is 0 Å². The fourth-order valence-electron chi connectivity index (χ4n) is 6.18. The first-order valence-corrected chi connectivity index (χ1v) is 23.5. The van der Waals surface area contributed by atoms with Gasteiger partial charge in [-0.15, -0.1) is 0 Å². The van der Waals surface area contributed by atoms with E-state index in [0.29, 0.717) is 19.4 Å². The van der Waals surface area contributed by atoms with Crippen LogP contribution in [0.1, 0.15) is 213 Å². The zero-order valence-corrected chi connectivity index (χ0v) is 36.9. The summed E-state index contributed by atoms with van der Waals surface area (Å²) in [6, 6.07) is 0. The van der Waals surface area contributed by atoms with Crippen molar-refractivity contribution in [3.05, 3.63) is 72.9 Å². The molecular weight excluding hydrogens is 693 g/mol. The molecule has 0 aromatic carbocycles. The van der Waals surface area contributed by atoms with Crippen molar-refractivity contribution in [1.82, 2.24) is 0 Å². The number of hydrogen-bond acceptors (Lipinski definition) is 5. The van der Waals surface area contributed by atoms with Crippen LogP contribution >= 0.6 is 0 Å². The van der Waals surface area contributed by atoms with Gasteiger partial charge < -0.3 is 14.2 Å². The van der Waals surface area contributed by atoms with E-state index in [1.807, 2.05) is 0 Å². The van der Waals surface area contributed by atoms with Crippen LogP contribution in [0.2, 0.25) is 0 Å². The zero-order chi connectivity index (χ0) is 40.7. The topological polar surface area (TPSA) is 61.8 Å². The molecule has 5 nitrogen and oxygen atoms in total. The normalized spacial score (nSPS) is 12.8. The zero-order valence-electron chi connectivity index (χ0n) is 36.9. The van der Waals surface area contributed by atoms with Gasteiger partial charge in [0, 0.05) is 19.4 Å². The molecule has 0 aliphatic carbocycles. The van der Waals surface area contributed by atoms with Crippen molar-refractivity contribution in [3.63, 3.8) is 0 Å². The van der Waals surface area contributed by atoms with Gasteiger partial charge in [-0.25, -0.2) is 0 Å². The van der Waals surface area contributed by atoms with E-state index in [4.69, 9.17) is 14.2 Å². The molecule has 0 radical (unpaired) electrons. The third-order valence-corrected chi connectivity index (χ3v) is 9.70. The summed E-state index contributed by atoms with van der Waals surface area (Å²) in [5, 5.41) is 0. The maximum atomic E-state index is 12.7. The lowest BCUT2D eigenvalue weighted by atomic mass is 10.1. The Kier molecular flexibility index (Phi) is 44.5. The molecule has 0 amide bonds. The fraction of sp³-hybridized carbons (Fsp3) is 0.725. The van der Waals surface area contributed by atoms with Crippen LogP contribution in [0.5, 0.6) is 0 Å². The third-order valence-electron chi connectivity index (χ3n) is 9.70. The molecule has 56 heavy (non-hydrogen) atoms. The first-order chi connectivity index (χ1) is 27.6. The van der Waals surface area contributed by atoms with E-state index in [9.17, 15) is 9.59 Å². The summed E-state index contributed by atoms with van der Waals surface area (Å²) in [7, 11) is 0. The van der Waals surface area contributed by atoms with E-state index >= 15 is 0 Å². The van der Waals surface area contributed by atoms with Crippen molar-refractivity contribution in [3.8, 4) is 0 Å². The van der Waals surface area contributed by atoms with Crippen LogP contribution < -0.4 is 0 Å². The molecule has 0 spiro atoms. The van der Waals surface area contributed by atoms with E-state index in [0.717, 1.165) is 89.9 Å². The monoisotopic (exact) mass is 781 g/mol. The summed E-state index contributed by atoms with van der Waals surface area (Å²) in [5.41, 5.74) is 0. The van der Waals surface area contributed by atoms with Crippen LogP contribution in [-0.4, -0.2) is 37.9 Å². The van der Waals surface area contributed by atoms with Crippen molar-refractivity contribution in [2.24, 2.45) is 0 Å². The van der Waals surface area contributed by atoms with E-state index in [1.54, 1.807) is 0 Å². The van der Waals surface area contributed by atoms with Gasteiger partial charge in [0.05, 0.1) is 6.61 Å². The van der Waals surface area contributed by atoms with Crippen LogP contribution in [0, 0.1) is 0 Å². The van der Waals surface area contributed by atoms with Crippen LogP contribution in [0.3, 0.4) is 0 Å². The van der Waals surface area contributed by atoms with E-state index < -0.39 is 6.10 Å². The molecule has 0 bridgehead atoms. The van der Waals surface area contributed by atoms with Crippen LogP contribution in [0.4, 0.5) is 0 Å². The van der Waals surface area contributed by atoms with Gasteiger partial charge in [-0.1, -0.05) is 171 Å². The first-order valence-electron chi connectivity index (χ1n) is 23.5. The number of ether oxygens (including phenoxy) is 3. The minimum Gasteiger partial charge on any atom is -0.462 e. The molecule has 322 valence electrons. The quantitative estimate of drug-likeness (QED) is 0.0351. The van der Waals surface area contributed by atoms with Gasteiger partial charge in [0.1, 0.15) is 6.61 Å². The Hall–Kier alpha value is -2.66. The van der Waals surface area contributed by atoms with Crippen molar-refractivity contribution in [2.45, 2.75) is 219 Å². The highest BCUT2D eigenvalue weighted by Crippen LogP contribution is 2.12. The van der Waals surface area contributed by atoms with Gasteiger partial charge in [-0.2, -0.15) is 0 Å². The summed E-state index contributed by atoms with van der Waals surface area (Å²) in [6.45, 7) is 7.58. The molecule has 0 aliphatic heterocycles. The van der Waals surface area contributed by atoms with Crippen LogP contribution in [0.15, 0.2) is 72.9 Å². The van der Waals surface area contributed by atoms with Crippen molar-refractivity contribution in [1.29, 1.82) is 0 Å². The number of rotatable bonds is 42. The molecule has 0 saturated heterocycles. The van der Waals surface area contributed by atoms with E-state index in [-0.39, 0.29) is 25.2 Å². The lowest BCUT2D eigenvalue weighted by Gasteiger charge is -2.18. The molecule has 0 heterocycles. The van der Waals surface area contributed by atoms with Crippen LogP contribution in [-0.2, 0) is 23.8 Å². The van der Waals surface area contributed by atoms with E-state index in [1.165, 1.54) is 89.9 Å². The standard InChI is InChI=1S/C51H88O5/c1-4-7-10-13-16-19-22-24-25-26-28-31-34-37-40-43-46-54-47-49(56-51(53)45-42-39-36-33-29-21-18-15-12-9-6-3)48-55-50(52)44-41-38-35-32-30-27-23-20-17-14-11-8-5-2/h8,11,15-20,24-25,27,30,49H,4-7,9-10,12-14,21-23,26,28-29,31-48H2,1-3H3/b11-8-,18-15-,19-16-,20-17-,25-24-,30-27-. The third kappa shape index (κ3) is 44.1. The van der Waals surface area contributed by atoms with Crippen molar-refractivity contribution in [2.75, 3.05) is 19.8 Å². The predicted molar refractivity (Wildman–Crippen MR) is 242 cm³/mol. The highest BCUT2D eigenvalue weighted by Gasteiger charge is 2.17. The summed E-state index contributed by atoms with van der Waals surface area (Å²) >= 11 is 0. The number of unbranched alkanes of at least 4 members (excludes halogenated alkanes) is 19.